The third-order valence-electron chi connectivity index (χ3n) is 3.47. The summed E-state index contributed by atoms with van der Waals surface area (Å²) in [5.74, 6) is 0.945. The first-order valence-electron chi connectivity index (χ1n) is 6.64. The van der Waals surface area contributed by atoms with Gasteiger partial charge in [0.05, 0.1) is 12.4 Å². The quantitative estimate of drug-likeness (QED) is 0.890. The molecule has 1 N–H and O–H groups in total. The number of furan rings is 1. The van der Waals surface area contributed by atoms with E-state index in [-0.39, 0.29) is 0 Å². The first-order valence-corrected chi connectivity index (χ1v) is 6.64. The molecule has 0 saturated carbocycles. The number of nitrogens with zero attached hydrogens (tertiary/aromatic N) is 1. The molecule has 102 valence electrons. The maximum Gasteiger partial charge on any atom is 0.105 e. The standard InChI is InChI=1S/C16H21NO2/c1-4-16(18)14-7-5-6-8-15(14)17(3)11-13-9-10-19-12(13)2/h5-10,16,18H,4,11H2,1-3H3/t16-/m0/s1. The molecule has 0 fully saturated rings. The molecule has 3 nitrogen and oxygen atoms in total. The van der Waals surface area contributed by atoms with Gasteiger partial charge in [0.2, 0.25) is 0 Å². The zero-order valence-corrected chi connectivity index (χ0v) is 11.8. The smallest absolute Gasteiger partial charge is 0.105 e. The van der Waals surface area contributed by atoms with Gasteiger partial charge in [-0.3, -0.25) is 0 Å². The van der Waals surface area contributed by atoms with E-state index in [1.54, 1.807) is 6.26 Å². The number of para-hydroxylation sites is 1. The molecule has 2 aromatic rings. The average molecular weight is 259 g/mol. The van der Waals surface area contributed by atoms with Gasteiger partial charge in [-0.05, 0) is 25.5 Å². The van der Waals surface area contributed by atoms with Gasteiger partial charge in [0.25, 0.3) is 0 Å². The van der Waals surface area contributed by atoms with Crippen molar-refractivity contribution in [3.05, 3.63) is 53.5 Å². The highest BCUT2D eigenvalue weighted by molar-refractivity contribution is 5.54. The Labute approximate surface area is 114 Å². The van der Waals surface area contributed by atoms with Crippen molar-refractivity contribution in [3.63, 3.8) is 0 Å². The monoisotopic (exact) mass is 259 g/mol. The van der Waals surface area contributed by atoms with Crippen molar-refractivity contribution in [2.24, 2.45) is 0 Å². The molecule has 1 heterocycles. The fourth-order valence-corrected chi connectivity index (χ4v) is 2.25. The summed E-state index contributed by atoms with van der Waals surface area (Å²) in [6.45, 7) is 4.73. The number of aliphatic hydroxyl groups is 1. The van der Waals surface area contributed by atoms with E-state index in [2.05, 4.69) is 4.90 Å². The Kier molecular flexibility index (Phi) is 4.27. The first kappa shape index (κ1) is 13.7. The number of benzene rings is 1. The van der Waals surface area contributed by atoms with E-state index in [1.807, 2.05) is 51.2 Å². The summed E-state index contributed by atoms with van der Waals surface area (Å²) in [4.78, 5) is 2.14. The van der Waals surface area contributed by atoms with Crippen molar-refractivity contribution in [1.29, 1.82) is 0 Å². The van der Waals surface area contributed by atoms with Gasteiger partial charge in [0, 0.05) is 30.4 Å². The van der Waals surface area contributed by atoms with Gasteiger partial charge in [-0.15, -0.1) is 0 Å². The molecule has 0 aliphatic carbocycles. The molecular weight excluding hydrogens is 238 g/mol. The molecule has 3 heteroatoms. The minimum atomic E-state index is -0.413. The van der Waals surface area contributed by atoms with E-state index in [0.29, 0.717) is 0 Å². The first-order chi connectivity index (χ1) is 9.13. The van der Waals surface area contributed by atoms with Crippen LogP contribution in [0.4, 0.5) is 5.69 Å². The van der Waals surface area contributed by atoms with Gasteiger partial charge in [0.1, 0.15) is 5.76 Å². The van der Waals surface area contributed by atoms with Gasteiger partial charge in [0.15, 0.2) is 0 Å². The highest BCUT2D eigenvalue weighted by Crippen LogP contribution is 2.28. The Balaban J connectivity index is 2.24. The van der Waals surface area contributed by atoms with E-state index in [1.165, 1.54) is 5.56 Å². The third-order valence-corrected chi connectivity index (χ3v) is 3.47. The maximum absolute atomic E-state index is 10.1. The Morgan fingerprint density at radius 1 is 1.26 bits per heavy atom. The van der Waals surface area contributed by atoms with Crippen LogP contribution in [0.25, 0.3) is 0 Å². The molecule has 1 atom stereocenters. The molecule has 0 unspecified atom stereocenters. The number of anilines is 1. The lowest BCUT2D eigenvalue weighted by atomic mass is 10.0. The molecule has 0 aliphatic rings. The van der Waals surface area contributed by atoms with Crippen LogP contribution in [0.3, 0.4) is 0 Å². The van der Waals surface area contributed by atoms with Crippen LogP contribution in [0.2, 0.25) is 0 Å². The van der Waals surface area contributed by atoms with E-state index in [0.717, 1.165) is 30.0 Å². The lowest BCUT2D eigenvalue weighted by Crippen LogP contribution is -2.19. The molecule has 0 aliphatic heterocycles. The van der Waals surface area contributed by atoms with Crippen molar-refractivity contribution >= 4 is 5.69 Å². The fourth-order valence-electron chi connectivity index (χ4n) is 2.25. The molecule has 19 heavy (non-hydrogen) atoms. The van der Waals surface area contributed by atoms with Crippen LogP contribution in [0.5, 0.6) is 0 Å². The predicted octanol–water partition coefficient (Wildman–Crippen LogP) is 3.67. The highest BCUT2D eigenvalue weighted by Gasteiger charge is 2.14. The average Bonchev–Trinajstić information content (AvgIpc) is 2.83. The largest absolute Gasteiger partial charge is 0.469 e. The van der Waals surface area contributed by atoms with Gasteiger partial charge in [-0.25, -0.2) is 0 Å². The topological polar surface area (TPSA) is 36.6 Å². The van der Waals surface area contributed by atoms with E-state index < -0.39 is 6.10 Å². The molecule has 2 rings (SSSR count). The second-order valence-electron chi connectivity index (χ2n) is 4.84. The van der Waals surface area contributed by atoms with E-state index >= 15 is 0 Å². The summed E-state index contributed by atoms with van der Waals surface area (Å²) in [7, 11) is 2.04. The lowest BCUT2D eigenvalue weighted by molar-refractivity contribution is 0.174. The number of hydrogen-bond donors (Lipinski definition) is 1. The van der Waals surface area contributed by atoms with Gasteiger partial charge in [-0.1, -0.05) is 25.1 Å². The van der Waals surface area contributed by atoms with Crippen LogP contribution in [0.1, 0.15) is 36.3 Å². The minimum absolute atomic E-state index is 0.413. The Morgan fingerprint density at radius 2 is 2.00 bits per heavy atom. The molecule has 0 radical (unpaired) electrons. The summed E-state index contributed by atoms with van der Waals surface area (Å²) in [6.07, 6.45) is 2.02. The zero-order valence-electron chi connectivity index (χ0n) is 11.8. The lowest BCUT2D eigenvalue weighted by Gasteiger charge is -2.24. The molecule has 0 amide bonds. The van der Waals surface area contributed by atoms with Gasteiger partial charge in [-0.2, -0.15) is 0 Å². The third kappa shape index (κ3) is 2.99. The molecule has 0 saturated heterocycles. The van der Waals surface area contributed by atoms with Crippen molar-refractivity contribution in [2.75, 3.05) is 11.9 Å². The molecule has 1 aromatic heterocycles. The van der Waals surface area contributed by atoms with Crippen molar-refractivity contribution < 1.29 is 9.52 Å². The van der Waals surface area contributed by atoms with Crippen molar-refractivity contribution in [2.45, 2.75) is 32.9 Å². The minimum Gasteiger partial charge on any atom is -0.469 e. The second kappa shape index (κ2) is 5.93. The predicted molar refractivity (Wildman–Crippen MR) is 77.2 cm³/mol. The summed E-state index contributed by atoms with van der Waals surface area (Å²) >= 11 is 0. The normalized spacial score (nSPS) is 12.4. The maximum atomic E-state index is 10.1. The SMILES string of the molecule is CC[C@H](O)c1ccccc1N(C)Cc1ccoc1C. The van der Waals surface area contributed by atoms with Gasteiger partial charge >= 0.3 is 0 Å². The zero-order chi connectivity index (χ0) is 13.8. The Bertz CT molecular complexity index is 533. The van der Waals surface area contributed by atoms with Crippen LogP contribution in [-0.4, -0.2) is 12.2 Å². The number of aliphatic hydroxyl groups excluding tert-OH is 1. The summed E-state index contributed by atoms with van der Waals surface area (Å²) in [5.41, 5.74) is 3.22. The van der Waals surface area contributed by atoms with Gasteiger partial charge < -0.3 is 14.4 Å². The highest BCUT2D eigenvalue weighted by atomic mass is 16.3. The van der Waals surface area contributed by atoms with Crippen LogP contribution in [0, 0.1) is 6.92 Å². The number of rotatable bonds is 5. The van der Waals surface area contributed by atoms with Crippen molar-refractivity contribution in [1.82, 2.24) is 0 Å². The van der Waals surface area contributed by atoms with Crippen LogP contribution in [-0.2, 0) is 6.54 Å². The van der Waals surface area contributed by atoms with Crippen LogP contribution >= 0.6 is 0 Å². The molecule has 0 spiro atoms. The Hall–Kier alpha value is -1.74. The summed E-state index contributed by atoms with van der Waals surface area (Å²) in [5, 5.41) is 10.1. The van der Waals surface area contributed by atoms with Crippen LogP contribution in [0.15, 0.2) is 41.0 Å². The summed E-state index contributed by atoms with van der Waals surface area (Å²) in [6, 6.07) is 9.99. The van der Waals surface area contributed by atoms with Crippen LogP contribution < -0.4 is 4.90 Å². The molecule has 0 bridgehead atoms. The number of hydrogen-bond acceptors (Lipinski definition) is 3. The molecule has 1 aromatic carbocycles. The fraction of sp³-hybridized carbons (Fsp3) is 0.375. The van der Waals surface area contributed by atoms with E-state index in [9.17, 15) is 5.11 Å². The second-order valence-corrected chi connectivity index (χ2v) is 4.84. The Morgan fingerprint density at radius 3 is 2.63 bits per heavy atom. The van der Waals surface area contributed by atoms with E-state index in [4.69, 9.17) is 4.42 Å². The number of aryl methyl sites for hydroxylation is 1. The van der Waals surface area contributed by atoms with Crippen molar-refractivity contribution in [3.8, 4) is 0 Å². The molecular formula is C16H21NO2. The summed E-state index contributed by atoms with van der Waals surface area (Å²) < 4.78 is 5.32.